The monoisotopic (exact) mass is 600 g/mol. The Bertz CT molecular complexity index is 2370. The fourth-order valence-electron chi connectivity index (χ4n) is 6.34. The number of nitrogens with zero attached hydrogens (tertiary/aromatic N) is 4. The Kier molecular flexibility index (Phi) is 5.96. The van der Waals surface area contributed by atoms with Gasteiger partial charge in [-0.15, -0.1) is 0 Å². The van der Waals surface area contributed by atoms with Crippen LogP contribution in [-0.2, 0) is 0 Å². The largest absolute Gasteiger partial charge is 0.456 e. The molecule has 7 nitrogen and oxygen atoms in total. The molecule has 0 aliphatic carbocycles. The smallest absolute Gasteiger partial charge is 0.159 e. The molecule has 0 spiro atoms. The van der Waals surface area contributed by atoms with Gasteiger partial charge in [0, 0.05) is 71.4 Å². The Morgan fingerprint density at radius 2 is 1.46 bits per heavy atom. The van der Waals surface area contributed by atoms with E-state index in [2.05, 4.69) is 76.6 Å². The van der Waals surface area contributed by atoms with E-state index in [9.17, 15) is 0 Å². The normalized spacial score (nSPS) is 13.1. The number of anilines is 4. The van der Waals surface area contributed by atoms with Gasteiger partial charge in [-0.3, -0.25) is 4.90 Å². The summed E-state index contributed by atoms with van der Waals surface area (Å²) in [4.78, 5) is 11.2. The predicted octanol–water partition coefficient (Wildman–Crippen LogP) is 10.3. The lowest BCUT2D eigenvalue weighted by atomic mass is 10.1. The second-order valence-corrected chi connectivity index (χ2v) is 11.5. The van der Waals surface area contributed by atoms with Crippen LogP contribution in [0, 0.1) is 0 Å². The van der Waals surface area contributed by atoms with Crippen molar-refractivity contribution in [3.05, 3.63) is 140 Å². The first-order valence-electron chi connectivity index (χ1n) is 15.2. The molecule has 222 valence electrons. The third kappa shape index (κ3) is 4.32. The van der Waals surface area contributed by atoms with Crippen molar-refractivity contribution >= 4 is 66.8 Å². The van der Waals surface area contributed by atoms with Crippen molar-refractivity contribution in [3.63, 3.8) is 0 Å². The van der Waals surface area contributed by atoms with Gasteiger partial charge >= 0.3 is 0 Å². The first-order valence-corrected chi connectivity index (χ1v) is 15.2. The van der Waals surface area contributed by atoms with Gasteiger partial charge in [0.25, 0.3) is 0 Å². The number of fused-ring (bicyclic) bond motifs is 6. The van der Waals surface area contributed by atoms with E-state index in [1.165, 1.54) is 0 Å². The average Bonchev–Trinajstić information content (AvgIpc) is 3.81. The molecule has 0 N–H and O–H groups in total. The Labute approximate surface area is 264 Å². The molecule has 8 aromatic rings. The highest BCUT2D eigenvalue weighted by Gasteiger charge is 2.24. The van der Waals surface area contributed by atoms with Crippen LogP contribution in [0.5, 0.6) is 11.5 Å². The molecule has 0 amide bonds. The molecule has 9 rings (SSSR count). The lowest BCUT2D eigenvalue weighted by Crippen LogP contribution is -2.21. The molecule has 0 unspecified atom stereocenters. The van der Waals surface area contributed by atoms with E-state index < -0.39 is 0 Å². The number of hydrogen-bond donors (Lipinski definition) is 0. The molecule has 3 aromatic heterocycles. The fourth-order valence-corrected chi connectivity index (χ4v) is 6.34. The number of hydrogen-bond acceptors (Lipinski definition) is 7. The number of furan rings is 2. The van der Waals surface area contributed by atoms with E-state index in [0.717, 1.165) is 73.4 Å². The van der Waals surface area contributed by atoms with Crippen molar-refractivity contribution < 1.29 is 13.6 Å². The molecule has 0 bridgehead atoms. The van der Waals surface area contributed by atoms with Gasteiger partial charge < -0.3 is 23.4 Å². The Balaban J connectivity index is 1.29. The lowest BCUT2D eigenvalue weighted by Gasteiger charge is -2.25. The number of para-hydroxylation sites is 3. The molecule has 0 radical (unpaired) electrons. The zero-order valence-electron chi connectivity index (χ0n) is 25.0. The summed E-state index contributed by atoms with van der Waals surface area (Å²) in [6, 6.07) is 40.6. The molecule has 5 aromatic carbocycles. The van der Waals surface area contributed by atoms with Crippen LogP contribution in [0.3, 0.4) is 0 Å². The molecule has 0 atom stereocenters. The van der Waals surface area contributed by atoms with Gasteiger partial charge in [-0.25, -0.2) is 4.98 Å². The average molecular weight is 601 g/mol. The minimum absolute atomic E-state index is 0.670. The van der Waals surface area contributed by atoms with Crippen LogP contribution in [-0.4, -0.2) is 23.6 Å². The van der Waals surface area contributed by atoms with Gasteiger partial charge in [0.2, 0.25) is 0 Å². The minimum atomic E-state index is 0.670. The van der Waals surface area contributed by atoms with Crippen LogP contribution >= 0.6 is 0 Å². The van der Waals surface area contributed by atoms with Gasteiger partial charge in [-0.2, -0.15) is 0 Å². The molecule has 46 heavy (non-hydrogen) atoms. The van der Waals surface area contributed by atoms with Gasteiger partial charge in [0.1, 0.15) is 34.1 Å². The second-order valence-electron chi connectivity index (χ2n) is 11.5. The van der Waals surface area contributed by atoms with Crippen molar-refractivity contribution in [2.75, 3.05) is 23.5 Å². The fraction of sp³-hybridized carbons (Fsp3) is 0.0513. The Morgan fingerprint density at radius 3 is 2.24 bits per heavy atom. The van der Waals surface area contributed by atoms with Gasteiger partial charge in [-0.1, -0.05) is 60.7 Å². The molecule has 0 fully saturated rings. The summed E-state index contributed by atoms with van der Waals surface area (Å²) in [5.74, 6) is 2.15. The highest BCUT2D eigenvalue weighted by atomic mass is 16.5. The van der Waals surface area contributed by atoms with Crippen molar-refractivity contribution in [2.45, 2.75) is 0 Å². The van der Waals surface area contributed by atoms with E-state index >= 15 is 0 Å². The highest BCUT2D eigenvalue weighted by Crippen LogP contribution is 2.46. The van der Waals surface area contributed by atoms with E-state index in [1.807, 2.05) is 78.9 Å². The van der Waals surface area contributed by atoms with Crippen LogP contribution < -0.4 is 14.5 Å². The maximum atomic E-state index is 6.96. The molecule has 0 saturated carbocycles. The van der Waals surface area contributed by atoms with Crippen molar-refractivity contribution in [3.8, 4) is 11.5 Å². The van der Waals surface area contributed by atoms with E-state index in [0.29, 0.717) is 11.5 Å². The van der Waals surface area contributed by atoms with Gasteiger partial charge in [0.05, 0.1) is 17.7 Å². The van der Waals surface area contributed by atoms with Crippen LogP contribution in [0.2, 0.25) is 0 Å². The first kappa shape index (κ1) is 26.2. The summed E-state index contributed by atoms with van der Waals surface area (Å²) in [6.45, 7) is 0.735. The zero-order chi connectivity index (χ0) is 30.6. The van der Waals surface area contributed by atoms with Crippen molar-refractivity contribution in [2.24, 2.45) is 0 Å². The van der Waals surface area contributed by atoms with E-state index in [-0.39, 0.29) is 0 Å². The topological polar surface area (TPSA) is 58.1 Å². The first-order chi connectivity index (χ1) is 22.7. The maximum absolute atomic E-state index is 6.96. The minimum Gasteiger partial charge on any atom is -0.456 e. The maximum Gasteiger partial charge on any atom is 0.159 e. The number of ether oxygens (including phenoxy) is 1. The predicted molar refractivity (Wildman–Crippen MR) is 184 cm³/mol. The lowest BCUT2D eigenvalue weighted by molar-refractivity contribution is 0.486. The molecule has 4 heterocycles. The van der Waals surface area contributed by atoms with E-state index in [1.54, 1.807) is 6.20 Å². The summed E-state index contributed by atoms with van der Waals surface area (Å²) in [6.07, 6.45) is 5.93. The van der Waals surface area contributed by atoms with Gasteiger partial charge in [0.15, 0.2) is 5.58 Å². The SMILES string of the molecule is CN1C=CN(c2cc(Oc3cc(N(c4ccccc4)c4ccccn4)c4oc5ccccc5c4c3)c3c(c2)oc2ccccc23)C1. The quantitative estimate of drug-likeness (QED) is 0.188. The molecule has 1 aliphatic heterocycles. The second kappa shape index (κ2) is 10.5. The van der Waals surface area contributed by atoms with Gasteiger partial charge in [-0.05, 0) is 42.5 Å². The zero-order valence-corrected chi connectivity index (χ0v) is 25.0. The third-order valence-corrected chi connectivity index (χ3v) is 8.43. The standard InChI is InChI=1S/C39H28N4O3/c1-41-19-20-42(25-41)27-21-35(38-30-14-6-8-16-34(30)45-36(38)22-27)44-28-23-31-29-13-5-7-15-33(29)46-39(31)32(24-28)43(26-11-3-2-4-12-26)37-17-9-10-18-40-37/h2-24H,25H2,1H3. The molecule has 1 aliphatic rings. The van der Waals surface area contributed by atoms with Crippen LogP contribution in [0.1, 0.15) is 0 Å². The summed E-state index contributed by atoms with van der Waals surface area (Å²) in [5, 5.41) is 3.89. The Morgan fingerprint density at radius 1 is 0.696 bits per heavy atom. The number of rotatable bonds is 6. The third-order valence-electron chi connectivity index (χ3n) is 8.43. The number of pyridine rings is 1. The number of aromatic nitrogens is 1. The van der Waals surface area contributed by atoms with Crippen molar-refractivity contribution in [1.82, 2.24) is 9.88 Å². The molecular weight excluding hydrogens is 572 g/mol. The van der Waals surface area contributed by atoms with Crippen LogP contribution in [0.15, 0.2) is 149 Å². The summed E-state index contributed by atoms with van der Waals surface area (Å²) in [5.41, 5.74) is 5.90. The molecular formula is C39H28N4O3. The van der Waals surface area contributed by atoms with E-state index in [4.69, 9.17) is 18.6 Å². The summed E-state index contributed by atoms with van der Waals surface area (Å²) >= 11 is 0. The molecule has 0 saturated heterocycles. The van der Waals surface area contributed by atoms with Crippen LogP contribution in [0.4, 0.5) is 22.9 Å². The summed E-state index contributed by atoms with van der Waals surface area (Å²) in [7, 11) is 2.06. The highest BCUT2D eigenvalue weighted by molar-refractivity contribution is 6.12. The van der Waals surface area contributed by atoms with Crippen LogP contribution in [0.25, 0.3) is 43.9 Å². The molecule has 7 heteroatoms. The number of benzene rings is 5. The summed E-state index contributed by atoms with van der Waals surface area (Å²) < 4.78 is 19.9. The Hall–Kier alpha value is -6.21. The van der Waals surface area contributed by atoms with Crippen molar-refractivity contribution in [1.29, 1.82) is 0 Å².